The van der Waals surface area contributed by atoms with Gasteiger partial charge < -0.3 is 15.1 Å². The largest absolute Gasteiger partial charge is 0.314 e. The smallest absolute Gasteiger partial charge is 0.0220 e. The van der Waals surface area contributed by atoms with E-state index < -0.39 is 0 Å². The van der Waals surface area contributed by atoms with Gasteiger partial charge in [-0.25, -0.2) is 0 Å². The maximum atomic E-state index is 3.59. The summed E-state index contributed by atoms with van der Waals surface area (Å²) in [5.74, 6) is 0. The summed E-state index contributed by atoms with van der Waals surface area (Å²) in [6.07, 6.45) is 6.87. The van der Waals surface area contributed by atoms with Crippen molar-refractivity contribution in [1.82, 2.24) is 15.1 Å². The molecular weight excluding hydrogens is 210 g/mol. The second kappa shape index (κ2) is 6.17. The number of likely N-dealkylation sites (tertiary alicyclic amines) is 1. The van der Waals surface area contributed by atoms with Crippen LogP contribution in [0.25, 0.3) is 0 Å². The Kier molecular flexibility index (Phi) is 4.83. The van der Waals surface area contributed by atoms with Crippen molar-refractivity contribution in [3.8, 4) is 0 Å². The van der Waals surface area contributed by atoms with Crippen molar-refractivity contribution in [2.24, 2.45) is 0 Å². The third-order valence-corrected chi connectivity index (χ3v) is 4.69. The predicted octanol–water partition coefficient (Wildman–Crippen LogP) is 1.54. The fourth-order valence-electron chi connectivity index (χ4n) is 3.52. The summed E-state index contributed by atoms with van der Waals surface area (Å²) >= 11 is 0. The third kappa shape index (κ3) is 3.43. The molecule has 1 saturated heterocycles. The zero-order chi connectivity index (χ0) is 12.3. The van der Waals surface area contributed by atoms with Crippen LogP contribution in [0.4, 0.5) is 0 Å². The van der Waals surface area contributed by atoms with E-state index in [1.54, 1.807) is 0 Å². The number of likely N-dealkylation sites (N-methyl/N-ethyl adjacent to an activating group) is 2. The van der Waals surface area contributed by atoms with Crippen LogP contribution in [0.2, 0.25) is 0 Å². The lowest BCUT2D eigenvalue weighted by Gasteiger charge is -2.30. The number of rotatable bonds is 5. The van der Waals surface area contributed by atoms with Crippen molar-refractivity contribution in [2.45, 2.75) is 57.2 Å². The number of hydrogen-bond acceptors (Lipinski definition) is 3. The summed E-state index contributed by atoms with van der Waals surface area (Å²) in [6, 6.07) is 2.39. The van der Waals surface area contributed by atoms with E-state index in [1.165, 1.54) is 45.2 Å². The molecule has 1 N–H and O–H groups in total. The predicted molar refractivity (Wildman–Crippen MR) is 73.4 cm³/mol. The van der Waals surface area contributed by atoms with E-state index in [9.17, 15) is 0 Å². The molecule has 1 heterocycles. The molecule has 100 valence electrons. The van der Waals surface area contributed by atoms with Gasteiger partial charge in [-0.3, -0.25) is 0 Å². The molecule has 0 radical (unpaired) electrons. The SMILES string of the molecule is CCNC1CCC(N(C)CC2CCCN2C)C1. The lowest BCUT2D eigenvalue weighted by Crippen LogP contribution is -2.41. The van der Waals surface area contributed by atoms with Crippen LogP contribution < -0.4 is 5.32 Å². The molecule has 2 fully saturated rings. The Balaban J connectivity index is 1.74. The maximum absolute atomic E-state index is 3.59. The Morgan fingerprint density at radius 2 is 2.12 bits per heavy atom. The molecule has 17 heavy (non-hydrogen) atoms. The van der Waals surface area contributed by atoms with Gasteiger partial charge in [-0.05, 0) is 59.3 Å². The normalized spacial score (nSPS) is 34.9. The van der Waals surface area contributed by atoms with Gasteiger partial charge in [0.05, 0.1) is 0 Å². The minimum Gasteiger partial charge on any atom is -0.314 e. The highest BCUT2D eigenvalue weighted by atomic mass is 15.2. The number of hydrogen-bond donors (Lipinski definition) is 1. The summed E-state index contributed by atoms with van der Waals surface area (Å²) in [4.78, 5) is 5.15. The highest BCUT2D eigenvalue weighted by molar-refractivity contribution is 4.88. The quantitative estimate of drug-likeness (QED) is 0.785. The van der Waals surface area contributed by atoms with Crippen LogP contribution in [-0.4, -0.2) is 61.7 Å². The maximum Gasteiger partial charge on any atom is 0.0220 e. The highest BCUT2D eigenvalue weighted by Crippen LogP contribution is 2.25. The fourth-order valence-corrected chi connectivity index (χ4v) is 3.52. The van der Waals surface area contributed by atoms with Gasteiger partial charge in [0.2, 0.25) is 0 Å². The van der Waals surface area contributed by atoms with Crippen LogP contribution in [0.15, 0.2) is 0 Å². The summed E-state index contributed by atoms with van der Waals surface area (Å²) in [7, 11) is 4.60. The van der Waals surface area contributed by atoms with Gasteiger partial charge in [0.15, 0.2) is 0 Å². The van der Waals surface area contributed by atoms with Gasteiger partial charge in [0.1, 0.15) is 0 Å². The molecule has 0 amide bonds. The molecule has 1 saturated carbocycles. The Hall–Kier alpha value is -0.120. The minimum absolute atomic E-state index is 0.772. The molecular formula is C14H29N3. The molecule has 0 bridgehead atoms. The van der Waals surface area contributed by atoms with Gasteiger partial charge in [0.25, 0.3) is 0 Å². The first-order valence-electron chi connectivity index (χ1n) is 7.34. The van der Waals surface area contributed by atoms with Crippen molar-refractivity contribution < 1.29 is 0 Å². The van der Waals surface area contributed by atoms with Gasteiger partial charge in [-0.2, -0.15) is 0 Å². The summed E-state index contributed by atoms with van der Waals surface area (Å²) in [5.41, 5.74) is 0. The van der Waals surface area contributed by atoms with Gasteiger partial charge in [-0.15, -0.1) is 0 Å². The average molecular weight is 239 g/mol. The molecule has 1 aliphatic heterocycles. The molecule has 0 aromatic rings. The monoisotopic (exact) mass is 239 g/mol. The van der Waals surface area contributed by atoms with E-state index in [0.29, 0.717) is 0 Å². The topological polar surface area (TPSA) is 18.5 Å². The molecule has 0 spiro atoms. The summed E-state index contributed by atoms with van der Waals surface area (Å²) in [5, 5.41) is 3.59. The van der Waals surface area contributed by atoms with Gasteiger partial charge in [0, 0.05) is 24.7 Å². The van der Waals surface area contributed by atoms with Gasteiger partial charge >= 0.3 is 0 Å². The first kappa shape index (κ1) is 13.3. The molecule has 0 aromatic carbocycles. The molecule has 3 nitrogen and oxygen atoms in total. The standard InChI is InChI=1S/C14H29N3/c1-4-15-12-7-8-13(10-12)17(3)11-14-6-5-9-16(14)2/h12-15H,4-11H2,1-3H3. The molecule has 3 atom stereocenters. The Morgan fingerprint density at radius 1 is 1.29 bits per heavy atom. The van der Waals surface area contributed by atoms with Crippen LogP contribution >= 0.6 is 0 Å². The first-order chi connectivity index (χ1) is 8.20. The van der Waals surface area contributed by atoms with E-state index in [2.05, 4.69) is 36.1 Å². The summed E-state index contributed by atoms with van der Waals surface area (Å²) in [6.45, 7) is 5.89. The molecule has 0 aromatic heterocycles. The second-order valence-electron chi connectivity index (χ2n) is 5.94. The highest BCUT2D eigenvalue weighted by Gasteiger charge is 2.29. The van der Waals surface area contributed by atoms with Crippen molar-refractivity contribution >= 4 is 0 Å². The average Bonchev–Trinajstić information content (AvgIpc) is 2.90. The first-order valence-corrected chi connectivity index (χ1v) is 7.34. The molecule has 3 heteroatoms. The van der Waals surface area contributed by atoms with E-state index in [0.717, 1.165) is 24.7 Å². The Bertz CT molecular complexity index is 232. The Labute approximate surface area is 107 Å². The Morgan fingerprint density at radius 3 is 2.76 bits per heavy atom. The van der Waals surface area contributed by atoms with E-state index in [1.807, 2.05) is 0 Å². The fraction of sp³-hybridized carbons (Fsp3) is 1.00. The van der Waals surface area contributed by atoms with Crippen LogP contribution in [-0.2, 0) is 0 Å². The second-order valence-corrected chi connectivity index (χ2v) is 5.94. The van der Waals surface area contributed by atoms with Crippen molar-refractivity contribution in [2.75, 3.05) is 33.7 Å². The summed E-state index contributed by atoms with van der Waals surface area (Å²) < 4.78 is 0. The van der Waals surface area contributed by atoms with Crippen LogP contribution in [0, 0.1) is 0 Å². The minimum atomic E-state index is 0.772. The van der Waals surface area contributed by atoms with Crippen molar-refractivity contribution in [1.29, 1.82) is 0 Å². The van der Waals surface area contributed by atoms with E-state index in [4.69, 9.17) is 0 Å². The number of nitrogens with one attached hydrogen (secondary N) is 1. The lowest BCUT2D eigenvalue weighted by molar-refractivity contribution is 0.176. The molecule has 2 rings (SSSR count). The van der Waals surface area contributed by atoms with E-state index in [-0.39, 0.29) is 0 Å². The van der Waals surface area contributed by atoms with Crippen LogP contribution in [0.3, 0.4) is 0 Å². The van der Waals surface area contributed by atoms with Crippen molar-refractivity contribution in [3.63, 3.8) is 0 Å². The third-order valence-electron chi connectivity index (χ3n) is 4.69. The van der Waals surface area contributed by atoms with E-state index >= 15 is 0 Å². The number of nitrogens with zero attached hydrogens (tertiary/aromatic N) is 2. The van der Waals surface area contributed by atoms with Crippen molar-refractivity contribution in [3.05, 3.63) is 0 Å². The molecule has 1 aliphatic carbocycles. The zero-order valence-corrected chi connectivity index (χ0v) is 11.8. The zero-order valence-electron chi connectivity index (χ0n) is 11.8. The molecule has 2 aliphatic rings. The van der Waals surface area contributed by atoms with Crippen LogP contribution in [0.1, 0.15) is 39.0 Å². The van der Waals surface area contributed by atoms with Crippen LogP contribution in [0.5, 0.6) is 0 Å². The molecule has 3 unspecified atom stereocenters. The lowest BCUT2D eigenvalue weighted by atomic mass is 10.1. The van der Waals surface area contributed by atoms with Gasteiger partial charge in [-0.1, -0.05) is 6.92 Å².